The Hall–Kier alpha value is -1.55. The van der Waals surface area contributed by atoms with Crippen LogP contribution < -0.4 is 10.4 Å². The Balaban J connectivity index is 0.000000980. The lowest BCUT2D eigenvalue weighted by Crippen LogP contribution is -2.15. The fourth-order valence-corrected chi connectivity index (χ4v) is 1.23. The lowest BCUT2D eigenvalue weighted by molar-refractivity contribution is 0.174. The zero-order valence-corrected chi connectivity index (χ0v) is 8.32. The van der Waals surface area contributed by atoms with E-state index in [4.69, 9.17) is 4.84 Å². The molecule has 14 heavy (non-hydrogen) atoms. The molecule has 0 saturated heterocycles. The molecule has 0 spiro atoms. The van der Waals surface area contributed by atoms with Gasteiger partial charge in [-0.1, -0.05) is 12.1 Å². The van der Waals surface area contributed by atoms with Gasteiger partial charge in [0.05, 0.1) is 10.9 Å². The molecule has 0 saturated carbocycles. The molecule has 0 aliphatic rings. The standard InChI is InChI=1S/C9H8N2O2.ClH/c1-13-11-6-10-9(12)7-4-2-3-5-8(7)11;/h2-6H,1H3;1H. The molecular formula is C9H9ClN2O2. The first kappa shape index (κ1) is 10.5. The smallest absolute Gasteiger partial charge is 0.280 e. The number of aromatic nitrogens is 2. The summed E-state index contributed by atoms with van der Waals surface area (Å²) < 4.78 is 1.46. The van der Waals surface area contributed by atoms with Crippen molar-refractivity contribution in [2.75, 3.05) is 7.11 Å². The maximum Gasteiger partial charge on any atom is 0.280 e. The van der Waals surface area contributed by atoms with Gasteiger partial charge in [-0.3, -0.25) is 4.79 Å². The zero-order chi connectivity index (χ0) is 9.26. The first-order valence-electron chi connectivity index (χ1n) is 3.84. The number of hydrogen-bond acceptors (Lipinski definition) is 3. The first-order valence-corrected chi connectivity index (χ1v) is 3.84. The molecule has 0 radical (unpaired) electrons. The molecular weight excluding hydrogens is 204 g/mol. The Morgan fingerprint density at radius 2 is 2.07 bits per heavy atom. The van der Waals surface area contributed by atoms with Crippen LogP contribution in [0.25, 0.3) is 10.9 Å². The second kappa shape index (κ2) is 4.11. The number of para-hydroxylation sites is 1. The molecule has 0 unspecified atom stereocenters. The van der Waals surface area contributed by atoms with Gasteiger partial charge in [-0.25, -0.2) is 0 Å². The summed E-state index contributed by atoms with van der Waals surface area (Å²) in [6, 6.07) is 7.17. The fraction of sp³-hybridized carbons (Fsp3) is 0.111. The number of hydrogen-bond donors (Lipinski definition) is 0. The van der Waals surface area contributed by atoms with Crippen molar-refractivity contribution in [3.63, 3.8) is 0 Å². The molecule has 0 aliphatic heterocycles. The monoisotopic (exact) mass is 212 g/mol. The minimum absolute atomic E-state index is 0. The summed E-state index contributed by atoms with van der Waals surface area (Å²) in [7, 11) is 1.53. The minimum atomic E-state index is -0.232. The van der Waals surface area contributed by atoms with Gasteiger partial charge in [0.25, 0.3) is 5.56 Å². The Morgan fingerprint density at radius 1 is 1.36 bits per heavy atom. The molecule has 0 fully saturated rings. The van der Waals surface area contributed by atoms with E-state index < -0.39 is 0 Å². The highest BCUT2D eigenvalue weighted by Crippen LogP contribution is 2.05. The SMILES string of the molecule is COn1cnc(=O)c2ccccc21.Cl. The molecule has 1 aromatic carbocycles. The Morgan fingerprint density at radius 3 is 2.79 bits per heavy atom. The first-order chi connectivity index (χ1) is 6.33. The highest BCUT2D eigenvalue weighted by molar-refractivity contribution is 5.85. The number of benzene rings is 1. The van der Waals surface area contributed by atoms with Gasteiger partial charge < -0.3 is 4.84 Å². The van der Waals surface area contributed by atoms with E-state index in [1.807, 2.05) is 12.1 Å². The summed E-state index contributed by atoms with van der Waals surface area (Å²) in [5, 5.41) is 0.562. The minimum Gasteiger partial charge on any atom is -0.416 e. The van der Waals surface area contributed by atoms with Crippen molar-refractivity contribution < 1.29 is 4.84 Å². The fourth-order valence-electron chi connectivity index (χ4n) is 1.23. The van der Waals surface area contributed by atoms with Crippen LogP contribution in [0.4, 0.5) is 0 Å². The van der Waals surface area contributed by atoms with E-state index in [2.05, 4.69) is 4.98 Å². The maximum atomic E-state index is 11.3. The van der Waals surface area contributed by atoms with E-state index >= 15 is 0 Å². The predicted octanol–water partition coefficient (Wildman–Crippen LogP) is 0.877. The Kier molecular flexibility index (Phi) is 3.09. The average molecular weight is 213 g/mol. The number of fused-ring (bicyclic) bond motifs is 1. The Bertz CT molecular complexity index is 495. The molecule has 0 aliphatic carbocycles. The predicted molar refractivity (Wildman–Crippen MR) is 55.8 cm³/mol. The topological polar surface area (TPSA) is 44.1 Å². The molecule has 2 aromatic rings. The van der Waals surface area contributed by atoms with Crippen molar-refractivity contribution in [1.29, 1.82) is 0 Å². The van der Waals surface area contributed by atoms with Crippen molar-refractivity contribution in [3.05, 3.63) is 40.9 Å². The van der Waals surface area contributed by atoms with Crippen molar-refractivity contribution in [3.8, 4) is 0 Å². The molecule has 1 heterocycles. The van der Waals surface area contributed by atoms with Crippen LogP contribution in [0.1, 0.15) is 0 Å². The van der Waals surface area contributed by atoms with Crippen molar-refractivity contribution >= 4 is 23.3 Å². The van der Waals surface area contributed by atoms with Gasteiger partial charge in [0, 0.05) is 0 Å². The van der Waals surface area contributed by atoms with Crippen LogP contribution in [0, 0.1) is 0 Å². The molecule has 5 heteroatoms. The van der Waals surface area contributed by atoms with E-state index in [-0.39, 0.29) is 18.0 Å². The molecule has 1 aromatic heterocycles. The van der Waals surface area contributed by atoms with Crippen LogP contribution in [0.5, 0.6) is 0 Å². The maximum absolute atomic E-state index is 11.3. The second-order valence-corrected chi connectivity index (χ2v) is 2.58. The summed E-state index contributed by atoms with van der Waals surface area (Å²) in [6.45, 7) is 0. The van der Waals surface area contributed by atoms with Crippen molar-refractivity contribution in [1.82, 2.24) is 9.71 Å². The van der Waals surface area contributed by atoms with Gasteiger partial charge in [-0.15, -0.1) is 12.4 Å². The summed E-state index contributed by atoms with van der Waals surface area (Å²) in [5.74, 6) is 0. The molecule has 0 amide bonds. The van der Waals surface area contributed by atoms with E-state index in [0.717, 1.165) is 5.52 Å². The average Bonchev–Trinajstić information content (AvgIpc) is 2.19. The lowest BCUT2D eigenvalue weighted by atomic mass is 10.2. The Labute approximate surface area is 86.5 Å². The summed E-state index contributed by atoms with van der Waals surface area (Å²) in [4.78, 5) is 19.9. The zero-order valence-electron chi connectivity index (χ0n) is 7.51. The molecule has 0 bridgehead atoms. The second-order valence-electron chi connectivity index (χ2n) is 2.58. The molecule has 74 valence electrons. The molecule has 4 nitrogen and oxygen atoms in total. The summed E-state index contributed by atoms with van der Waals surface area (Å²) >= 11 is 0. The van der Waals surface area contributed by atoms with Crippen LogP contribution in [-0.2, 0) is 0 Å². The van der Waals surface area contributed by atoms with Crippen LogP contribution in [0.2, 0.25) is 0 Å². The highest BCUT2D eigenvalue weighted by atomic mass is 35.5. The van der Waals surface area contributed by atoms with E-state index in [9.17, 15) is 4.79 Å². The third-order valence-electron chi connectivity index (χ3n) is 1.85. The van der Waals surface area contributed by atoms with Crippen molar-refractivity contribution in [2.45, 2.75) is 0 Å². The molecule has 0 N–H and O–H groups in total. The van der Waals surface area contributed by atoms with Crippen LogP contribution >= 0.6 is 12.4 Å². The van der Waals surface area contributed by atoms with Gasteiger partial charge in [-0.05, 0) is 12.1 Å². The largest absolute Gasteiger partial charge is 0.416 e. The summed E-state index contributed by atoms with van der Waals surface area (Å²) in [6.07, 6.45) is 1.37. The van der Waals surface area contributed by atoms with Gasteiger partial charge in [-0.2, -0.15) is 9.71 Å². The summed E-state index contributed by atoms with van der Waals surface area (Å²) in [5.41, 5.74) is 0.494. The number of rotatable bonds is 1. The molecule has 2 rings (SSSR count). The third kappa shape index (κ3) is 1.56. The quantitative estimate of drug-likeness (QED) is 0.705. The van der Waals surface area contributed by atoms with Crippen molar-refractivity contribution in [2.24, 2.45) is 0 Å². The van der Waals surface area contributed by atoms with E-state index in [1.54, 1.807) is 12.1 Å². The lowest BCUT2D eigenvalue weighted by Gasteiger charge is -2.05. The van der Waals surface area contributed by atoms with E-state index in [0.29, 0.717) is 5.39 Å². The van der Waals surface area contributed by atoms with E-state index in [1.165, 1.54) is 18.2 Å². The van der Waals surface area contributed by atoms with Gasteiger partial charge in [0.2, 0.25) is 0 Å². The third-order valence-corrected chi connectivity index (χ3v) is 1.85. The normalized spacial score (nSPS) is 9.50. The van der Waals surface area contributed by atoms with Gasteiger partial charge in [0.1, 0.15) is 13.4 Å². The van der Waals surface area contributed by atoms with Crippen LogP contribution in [0.15, 0.2) is 35.4 Å². The number of halogens is 1. The number of nitrogens with zero attached hydrogens (tertiary/aromatic N) is 2. The molecule has 0 atom stereocenters. The van der Waals surface area contributed by atoms with Crippen LogP contribution in [-0.4, -0.2) is 16.8 Å². The van der Waals surface area contributed by atoms with Gasteiger partial charge in [0.15, 0.2) is 0 Å². The highest BCUT2D eigenvalue weighted by Gasteiger charge is 2.01. The van der Waals surface area contributed by atoms with Gasteiger partial charge >= 0.3 is 0 Å². The van der Waals surface area contributed by atoms with Crippen LogP contribution in [0.3, 0.4) is 0 Å².